The third-order valence-corrected chi connectivity index (χ3v) is 4.67. The molecule has 1 fully saturated rings. The number of carbonyl (C=O) groups excluding carboxylic acids is 2. The minimum Gasteiger partial charge on any atom is -0.443 e. The Hall–Kier alpha value is -3.29. The second kappa shape index (κ2) is 7.53. The van der Waals surface area contributed by atoms with E-state index in [-0.39, 0.29) is 11.8 Å². The molecule has 3 aromatic rings. The van der Waals surface area contributed by atoms with Crippen LogP contribution in [0.15, 0.2) is 47.6 Å². The van der Waals surface area contributed by atoms with E-state index >= 15 is 0 Å². The van der Waals surface area contributed by atoms with Gasteiger partial charge in [0.1, 0.15) is 11.2 Å². The molecule has 1 saturated heterocycles. The molecule has 138 valence electrons. The first kappa shape index (κ1) is 17.1. The van der Waals surface area contributed by atoms with E-state index in [2.05, 4.69) is 15.0 Å². The third kappa shape index (κ3) is 3.79. The molecule has 0 N–H and O–H groups in total. The largest absolute Gasteiger partial charge is 0.443 e. The predicted molar refractivity (Wildman–Crippen MR) is 96.8 cm³/mol. The molecule has 0 bridgehead atoms. The quantitative estimate of drug-likeness (QED) is 0.699. The minimum absolute atomic E-state index is 0.0441. The molecule has 1 aromatic carbocycles. The van der Waals surface area contributed by atoms with Gasteiger partial charge in [0.15, 0.2) is 12.0 Å². The van der Waals surface area contributed by atoms with Crippen molar-refractivity contribution in [3.63, 3.8) is 0 Å². The Bertz CT molecular complexity index is 956. The van der Waals surface area contributed by atoms with E-state index in [0.29, 0.717) is 43.9 Å². The van der Waals surface area contributed by atoms with E-state index in [0.717, 1.165) is 17.5 Å². The Kier molecular flexibility index (Phi) is 4.78. The molecule has 2 aromatic heterocycles. The lowest BCUT2D eigenvalue weighted by Crippen LogP contribution is -2.38. The Morgan fingerprint density at radius 2 is 1.89 bits per heavy atom. The number of hydrogen-bond donors (Lipinski definition) is 0. The lowest BCUT2D eigenvalue weighted by atomic mass is 10.1. The molecule has 0 radical (unpaired) electrons. The highest BCUT2D eigenvalue weighted by atomic mass is 16.3. The number of oxazole rings is 1. The van der Waals surface area contributed by atoms with Gasteiger partial charge >= 0.3 is 0 Å². The van der Waals surface area contributed by atoms with E-state index in [4.69, 9.17) is 4.42 Å². The number of amides is 2. The Morgan fingerprint density at radius 1 is 1.04 bits per heavy atom. The fourth-order valence-electron chi connectivity index (χ4n) is 3.24. The van der Waals surface area contributed by atoms with Crippen molar-refractivity contribution >= 4 is 22.9 Å². The highest BCUT2D eigenvalue weighted by molar-refractivity contribution is 5.92. The van der Waals surface area contributed by atoms with Crippen molar-refractivity contribution in [1.82, 2.24) is 24.8 Å². The summed E-state index contributed by atoms with van der Waals surface area (Å²) >= 11 is 0. The zero-order valence-electron chi connectivity index (χ0n) is 14.7. The van der Waals surface area contributed by atoms with Crippen molar-refractivity contribution in [1.29, 1.82) is 0 Å². The molecule has 0 spiro atoms. The average Bonchev–Trinajstić information content (AvgIpc) is 3.02. The number of fused-ring (bicyclic) bond motifs is 1. The second-order valence-electron chi connectivity index (χ2n) is 6.45. The molecule has 1 aliphatic heterocycles. The van der Waals surface area contributed by atoms with Gasteiger partial charge in [-0.25, -0.2) is 9.97 Å². The third-order valence-electron chi connectivity index (χ3n) is 4.67. The molecule has 27 heavy (non-hydrogen) atoms. The van der Waals surface area contributed by atoms with Crippen molar-refractivity contribution < 1.29 is 14.0 Å². The molecule has 3 heterocycles. The maximum atomic E-state index is 12.7. The number of benzene rings is 1. The Morgan fingerprint density at radius 3 is 2.74 bits per heavy atom. The zero-order valence-corrected chi connectivity index (χ0v) is 14.7. The van der Waals surface area contributed by atoms with Crippen LogP contribution >= 0.6 is 0 Å². The smallest absolute Gasteiger partial charge is 0.274 e. The molecule has 0 atom stereocenters. The van der Waals surface area contributed by atoms with Crippen LogP contribution in [-0.4, -0.2) is 62.7 Å². The van der Waals surface area contributed by atoms with Crippen molar-refractivity contribution in [3.05, 3.63) is 54.4 Å². The maximum Gasteiger partial charge on any atom is 0.274 e. The fourth-order valence-corrected chi connectivity index (χ4v) is 3.24. The number of rotatable bonds is 3. The van der Waals surface area contributed by atoms with E-state index < -0.39 is 0 Å². The molecule has 0 aliphatic carbocycles. The van der Waals surface area contributed by atoms with Crippen LogP contribution < -0.4 is 0 Å². The van der Waals surface area contributed by atoms with Gasteiger partial charge in [0.05, 0.1) is 12.6 Å². The number of carbonyl (C=O) groups is 2. The van der Waals surface area contributed by atoms with Crippen LogP contribution in [0.4, 0.5) is 0 Å². The average molecular weight is 365 g/mol. The minimum atomic E-state index is -0.145. The molecule has 2 amide bonds. The number of aromatic nitrogens is 3. The van der Waals surface area contributed by atoms with Crippen LogP contribution in [0.2, 0.25) is 0 Å². The summed E-state index contributed by atoms with van der Waals surface area (Å²) in [6, 6.07) is 5.59. The molecule has 8 heteroatoms. The SMILES string of the molecule is O=C(Cc1ccc2ncoc2c1)N1CCCN(C(=O)c2cnccn2)CC1. The highest BCUT2D eigenvalue weighted by Crippen LogP contribution is 2.16. The maximum absolute atomic E-state index is 12.7. The van der Waals surface area contributed by atoms with Crippen LogP contribution in [0.3, 0.4) is 0 Å². The predicted octanol–water partition coefficient (Wildman–Crippen LogP) is 1.53. The van der Waals surface area contributed by atoms with E-state index in [1.165, 1.54) is 25.0 Å². The Balaban J connectivity index is 1.38. The van der Waals surface area contributed by atoms with Gasteiger partial charge in [0.2, 0.25) is 5.91 Å². The van der Waals surface area contributed by atoms with Gasteiger partial charge in [-0.2, -0.15) is 0 Å². The van der Waals surface area contributed by atoms with Crippen LogP contribution in [0.1, 0.15) is 22.5 Å². The fraction of sp³-hybridized carbons (Fsp3) is 0.316. The van der Waals surface area contributed by atoms with Gasteiger partial charge in [0.25, 0.3) is 5.91 Å². The monoisotopic (exact) mass is 365 g/mol. The standard InChI is InChI=1S/C19H19N5O3/c25-18(11-14-2-3-15-17(10-14)27-13-22-15)23-6-1-7-24(9-8-23)19(26)16-12-20-4-5-21-16/h2-5,10,12-13H,1,6-9,11H2. The summed E-state index contributed by atoms with van der Waals surface area (Å²) in [6.07, 6.45) is 6.94. The molecule has 0 unspecified atom stereocenters. The van der Waals surface area contributed by atoms with Crippen LogP contribution in [-0.2, 0) is 11.2 Å². The summed E-state index contributed by atoms with van der Waals surface area (Å²) in [6.45, 7) is 2.23. The molecule has 8 nitrogen and oxygen atoms in total. The molecular weight excluding hydrogens is 346 g/mol. The number of nitrogens with zero attached hydrogens (tertiary/aromatic N) is 5. The lowest BCUT2D eigenvalue weighted by molar-refractivity contribution is -0.130. The van der Waals surface area contributed by atoms with Gasteiger partial charge < -0.3 is 14.2 Å². The van der Waals surface area contributed by atoms with Crippen LogP contribution in [0.5, 0.6) is 0 Å². The summed E-state index contributed by atoms with van der Waals surface area (Å²) in [5.74, 6) is -0.101. The van der Waals surface area contributed by atoms with Crippen LogP contribution in [0.25, 0.3) is 11.1 Å². The topological polar surface area (TPSA) is 92.4 Å². The first-order valence-electron chi connectivity index (χ1n) is 8.86. The summed E-state index contributed by atoms with van der Waals surface area (Å²) in [4.78, 5) is 40.9. The lowest BCUT2D eigenvalue weighted by Gasteiger charge is -2.22. The number of hydrogen-bond acceptors (Lipinski definition) is 6. The molecular formula is C19H19N5O3. The van der Waals surface area contributed by atoms with Crippen molar-refractivity contribution in [2.75, 3.05) is 26.2 Å². The van der Waals surface area contributed by atoms with Crippen LogP contribution in [0, 0.1) is 0 Å². The summed E-state index contributed by atoms with van der Waals surface area (Å²) in [5, 5.41) is 0. The van der Waals surface area contributed by atoms with E-state index in [1.807, 2.05) is 23.1 Å². The zero-order chi connectivity index (χ0) is 18.6. The molecule has 0 saturated carbocycles. The normalized spacial score (nSPS) is 15.0. The highest BCUT2D eigenvalue weighted by Gasteiger charge is 2.23. The van der Waals surface area contributed by atoms with Gasteiger partial charge in [-0.05, 0) is 24.1 Å². The molecule has 1 aliphatic rings. The van der Waals surface area contributed by atoms with Gasteiger partial charge in [-0.1, -0.05) is 6.07 Å². The molecule has 4 rings (SSSR count). The van der Waals surface area contributed by atoms with Gasteiger partial charge in [0, 0.05) is 38.6 Å². The van der Waals surface area contributed by atoms with E-state index in [9.17, 15) is 9.59 Å². The summed E-state index contributed by atoms with van der Waals surface area (Å²) < 4.78 is 5.30. The first-order valence-corrected chi connectivity index (χ1v) is 8.86. The van der Waals surface area contributed by atoms with E-state index in [1.54, 1.807) is 4.90 Å². The van der Waals surface area contributed by atoms with Crippen molar-refractivity contribution in [2.24, 2.45) is 0 Å². The Labute approximate surface area is 155 Å². The van der Waals surface area contributed by atoms with Gasteiger partial charge in [-0.3, -0.25) is 14.6 Å². The van der Waals surface area contributed by atoms with Crippen molar-refractivity contribution in [2.45, 2.75) is 12.8 Å². The summed E-state index contributed by atoms with van der Waals surface area (Å²) in [5.41, 5.74) is 2.68. The van der Waals surface area contributed by atoms with Gasteiger partial charge in [-0.15, -0.1) is 0 Å². The van der Waals surface area contributed by atoms with Crippen molar-refractivity contribution in [3.8, 4) is 0 Å². The summed E-state index contributed by atoms with van der Waals surface area (Å²) in [7, 11) is 0. The second-order valence-corrected chi connectivity index (χ2v) is 6.45. The first-order chi connectivity index (χ1) is 13.2.